The maximum Gasteiger partial charge on any atom is 0.180 e. The standard InChI is InChI=1S/C12H13FN2OS/c1-7(2)16-8-3-4-9(10(13)5-8)11-6-15-12(14)17-11/h3-7H,1-2H3,(H2,14,15). The van der Waals surface area contributed by atoms with Crippen LogP contribution in [0.1, 0.15) is 13.8 Å². The zero-order valence-electron chi connectivity index (χ0n) is 9.61. The highest BCUT2D eigenvalue weighted by Crippen LogP contribution is 2.31. The maximum atomic E-state index is 13.9. The molecule has 17 heavy (non-hydrogen) atoms. The zero-order valence-corrected chi connectivity index (χ0v) is 10.4. The predicted molar refractivity (Wildman–Crippen MR) is 67.7 cm³/mol. The molecule has 1 aromatic carbocycles. The molecule has 0 saturated heterocycles. The molecular formula is C12H13FN2OS. The van der Waals surface area contributed by atoms with Crippen LogP contribution in [0.3, 0.4) is 0 Å². The summed E-state index contributed by atoms with van der Waals surface area (Å²) in [5, 5.41) is 0.432. The second kappa shape index (κ2) is 4.71. The van der Waals surface area contributed by atoms with Gasteiger partial charge in [0.1, 0.15) is 11.6 Å². The lowest BCUT2D eigenvalue weighted by Crippen LogP contribution is -2.05. The van der Waals surface area contributed by atoms with E-state index in [0.29, 0.717) is 16.4 Å². The van der Waals surface area contributed by atoms with Gasteiger partial charge in [0.15, 0.2) is 5.13 Å². The van der Waals surface area contributed by atoms with Crippen molar-refractivity contribution in [3.63, 3.8) is 0 Å². The van der Waals surface area contributed by atoms with E-state index < -0.39 is 0 Å². The Morgan fingerprint density at radius 3 is 2.71 bits per heavy atom. The van der Waals surface area contributed by atoms with Crippen LogP contribution in [-0.2, 0) is 0 Å². The lowest BCUT2D eigenvalue weighted by atomic mass is 10.2. The van der Waals surface area contributed by atoms with Crippen LogP contribution in [0.2, 0.25) is 0 Å². The van der Waals surface area contributed by atoms with Gasteiger partial charge in [-0.15, -0.1) is 0 Å². The molecule has 0 amide bonds. The first-order valence-electron chi connectivity index (χ1n) is 5.24. The molecule has 0 radical (unpaired) electrons. The van der Waals surface area contributed by atoms with E-state index >= 15 is 0 Å². The predicted octanol–water partition coefficient (Wildman–Crippen LogP) is 3.32. The zero-order chi connectivity index (χ0) is 12.4. The summed E-state index contributed by atoms with van der Waals surface area (Å²) in [7, 11) is 0. The first kappa shape index (κ1) is 11.9. The molecule has 90 valence electrons. The SMILES string of the molecule is CC(C)Oc1ccc(-c2cnc(N)s2)c(F)c1. The van der Waals surface area contributed by atoms with Crippen molar-refractivity contribution in [1.82, 2.24) is 4.98 Å². The Bertz CT molecular complexity index is 525. The van der Waals surface area contributed by atoms with Gasteiger partial charge >= 0.3 is 0 Å². The summed E-state index contributed by atoms with van der Waals surface area (Å²) in [4.78, 5) is 4.62. The summed E-state index contributed by atoms with van der Waals surface area (Å²) in [5.41, 5.74) is 6.02. The lowest BCUT2D eigenvalue weighted by Gasteiger charge is -2.10. The van der Waals surface area contributed by atoms with Crippen LogP contribution in [0.15, 0.2) is 24.4 Å². The van der Waals surface area contributed by atoms with E-state index in [2.05, 4.69) is 4.98 Å². The van der Waals surface area contributed by atoms with Crippen LogP contribution in [0.25, 0.3) is 10.4 Å². The molecule has 0 bridgehead atoms. The highest BCUT2D eigenvalue weighted by molar-refractivity contribution is 7.18. The molecule has 2 N–H and O–H groups in total. The van der Waals surface area contributed by atoms with Crippen molar-refractivity contribution in [2.24, 2.45) is 0 Å². The average Bonchev–Trinajstić information content (AvgIpc) is 2.64. The molecule has 0 saturated carbocycles. The molecule has 0 aliphatic heterocycles. The quantitative estimate of drug-likeness (QED) is 0.911. The van der Waals surface area contributed by atoms with Crippen molar-refractivity contribution >= 4 is 16.5 Å². The highest BCUT2D eigenvalue weighted by atomic mass is 32.1. The van der Waals surface area contributed by atoms with Gasteiger partial charge in [0.05, 0.1) is 11.0 Å². The fourth-order valence-corrected chi connectivity index (χ4v) is 2.16. The van der Waals surface area contributed by atoms with Gasteiger partial charge in [-0.05, 0) is 26.0 Å². The second-order valence-corrected chi connectivity index (χ2v) is 4.93. The number of halogens is 1. The number of aromatic nitrogens is 1. The van der Waals surface area contributed by atoms with E-state index in [0.717, 1.165) is 4.88 Å². The third-order valence-electron chi connectivity index (χ3n) is 2.10. The minimum atomic E-state index is -0.327. The molecule has 0 fully saturated rings. The van der Waals surface area contributed by atoms with Crippen LogP contribution in [-0.4, -0.2) is 11.1 Å². The van der Waals surface area contributed by atoms with Crippen molar-refractivity contribution in [2.45, 2.75) is 20.0 Å². The Labute approximate surface area is 103 Å². The van der Waals surface area contributed by atoms with Gasteiger partial charge in [0.2, 0.25) is 0 Å². The van der Waals surface area contributed by atoms with E-state index in [4.69, 9.17) is 10.5 Å². The van der Waals surface area contributed by atoms with Crippen LogP contribution in [0.4, 0.5) is 9.52 Å². The summed E-state index contributed by atoms with van der Waals surface area (Å²) >= 11 is 1.26. The number of nitrogens with zero attached hydrogens (tertiary/aromatic N) is 1. The van der Waals surface area contributed by atoms with Gasteiger partial charge in [0, 0.05) is 17.8 Å². The van der Waals surface area contributed by atoms with Crippen molar-refractivity contribution < 1.29 is 9.13 Å². The topological polar surface area (TPSA) is 48.1 Å². The number of nitrogens with two attached hydrogens (primary N) is 1. The fraction of sp³-hybridized carbons (Fsp3) is 0.250. The molecule has 0 atom stereocenters. The first-order valence-corrected chi connectivity index (χ1v) is 6.06. The summed E-state index contributed by atoms with van der Waals surface area (Å²) in [6.45, 7) is 3.80. The number of hydrogen-bond donors (Lipinski definition) is 1. The first-order chi connectivity index (χ1) is 8.06. The molecule has 1 heterocycles. The molecule has 3 nitrogen and oxygen atoms in total. The molecule has 0 aliphatic rings. The smallest absolute Gasteiger partial charge is 0.180 e. The number of hydrogen-bond acceptors (Lipinski definition) is 4. The van der Waals surface area contributed by atoms with E-state index in [-0.39, 0.29) is 11.9 Å². The number of rotatable bonds is 3. The maximum absolute atomic E-state index is 13.9. The van der Waals surface area contributed by atoms with Crippen LogP contribution in [0, 0.1) is 5.82 Å². The number of nitrogen functional groups attached to an aromatic ring is 1. The third-order valence-corrected chi connectivity index (χ3v) is 2.96. The molecular weight excluding hydrogens is 239 g/mol. The Hall–Kier alpha value is -1.62. The van der Waals surface area contributed by atoms with Gasteiger partial charge in [-0.3, -0.25) is 0 Å². The van der Waals surface area contributed by atoms with Crippen molar-refractivity contribution in [3.8, 4) is 16.2 Å². The van der Waals surface area contributed by atoms with Crippen molar-refractivity contribution in [3.05, 3.63) is 30.2 Å². The normalized spacial score (nSPS) is 10.8. The molecule has 5 heteroatoms. The van der Waals surface area contributed by atoms with Gasteiger partial charge in [-0.2, -0.15) is 0 Å². The van der Waals surface area contributed by atoms with Crippen LogP contribution < -0.4 is 10.5 Å². The summed E-state index contributed by atoms with van der Waals surface area (Å²) in [6, 6.07) is 4.81. The minimum absolute atomic E-state index is 0.0271. The van der Waals surface area contributed by atoms with E-state index in [9.17, 15) is 4.39 Å². The Morgan fingerprint density at radius 2 is 2.18 bits per heavy atom. The van der Waals surface area contributed by atoms with Gasteiger partial charge < -0.3 is 10.5 Å². The molecule has 2 rings (SSSR count). The minimum Gasteiger partial charge on any atom is -0.491 e. The highest BCUT2D eigenvalue weighted by Gasteiger charge is 2.10. The van der Waals surface area contributed by atoms with Crippen molar-refractivity contribution in [2.75, 3.05) is 5.73 Å². The van der Waals surface area contributed by atoms with Crippen LogP contribution >= 0.6 is 11.3 Å². The lowest BCUT2D eigenvalue weighted by molar-refractivity contribution is 0.241. The molecule has 2 aromatic rings. The fourth-order valence-electron chi connectivity index (χ4n) is 1.45. The molecule has 0 unspecified atom stereocenters. The Balaban J connectivity index is 2.31. The molecule has 0 aliphatic carbocycles. The van der Waals surface area contributed by atoms with Crippen LogP contribution in [0.5, 0.6) is 5.75 Å². The number of anilines is 1. The second-order valence-electron chi connectivity index (χ2n) is 3.87. The van der Waals surface area contributed by atoms with E-state index in [1.165, 1.54) is 17.4 Å². The number of thiazole rings is 1. The Kier molecular flexibility index (Phi) is 3.28. The largest absolute Gasteiger partial charge is 0.491 e. The third kappa shape index (κ3) is 2.74. The molecule has 1 aromatic heterocycles. The number of ether oxygens (including phenoxy) is 1. The van der Waals surface area contributed by atoms with Gasteiger partial charge in [-0.25, -0.2) is 9.37 Å². The summed E-state index contributed by atoms with van der Waals surface area (Å²) in [5.74, 6) is 0.200. The van der Waals surface area contributed by atoms with Gasteiger partial charge in [-0.1, -0.05) is 11.3 Å². The number of benzene rings is 1. The monoisotopic (exact) mass is 252 g/mol. The van der Waals surface area contributed by atoms with E-state index in [1.807, 2.05) is 13.8 Å². The van der Waals surface area contributed by atoms with Crippen molar-refractivity contribution in [1.29, 1.82) is 0 Å². The Morgan fingerprint density at radius 1 is 1.41 bits per heavy atom. The summed E-state index contributed by atoms with van der Waals surface area (Å²) in [6.07, 6.45) is 1.60. The molecule has 0 spiro atoms. The summed E-state index contributed by atoms with van der Waals surface area (Å²) < 4.78 is 19.3. The van der Waals surface area contributed by atoms with Gasteiger partial charge in [0.25, 0.3) is 0 Å². The average molecular weight is 252 g/mol. The van der Waals surface area contributed by atoms with E-state index in [1.54, 1.807) is 18.3 Å².